The van der Waals surface area contributed by atoms with Crippen molar-refractivity contribution >= 4 is 28.0 Å². The van der Waals surface area contributed by atoms with Crippen LogP contribution in [-0.4, -0.2) is 18.4 Å². The van der Waals surface area contributed by atoms with Crippen molar-refractivity contribution in [3.63, 3.8) is 0 Å². The molecule has 0 aliphatic heterocycles. The largest absolute Gasteiger partial charge is 0.503 e. The van der Waals surface area contributed by atoms with Crippen molar-refractivity contribution in [1.82, 2.24) is 0 Å². The maximum Gasteiger partial charge on any atom is 0.237 e. The van der Waals surface area contributed by atoms with Gasteiger partial charge in [-0.3, -0.25) is 0 Å². The SMILES string of the molecule is COc1cc(/C=N/c2oc(C)c(C)c2C#N)cc(Br)c1O. The van der Waals surface area contributed by atoms with Crippen LogP contribution >= 0.6 is 15.9 Å². The van der Waals surface area contributed by atoms with Crippen molar-refractivity contribution < 1.29 is 14.3 Å². The van der Waals surface area contributed by atoms with Gasteiger partial charge in [-0.05, 0) is 47.5 Å². The fraction of sp³-hybridized carbons (Fsp3) is 0.200. The van der Waals surface area contributed by atoms with E-state index in [1.54, 1.807) is 25.3 Å². The second kappa shape index (κ2) is 6.02. The van der Waals surface area contributed by atoms with Gasteiger partial charge in [0.1, 0.15) is 17.4 Å². The average Bonchev–Trinajstić information content (AvgIpc) is 2.74. The van der Waals surface area contributed by atoms with E-state index >= 15 is 0 Å². The summed E-state index contributed by atoms with van der Waals surface area (Å²) in [7, 11) is 1.47. The minimum atomic E-state index is 0.0250. The number of furan rings is 1. The standard InChI is InChI=1S/C15H13BrN2O3/c1-8-9(2)21-15(11(8)6-17)18-7-10-4-12(16)14(19)13(5-10)20-3/h4-5,7,19H,1-3H3/b18-7+. The van der Waals surface area contributed by atoms with Gasteiger partial charge in [0.15, 0.2) is 11.5 Å². The summed E-state index contributed by atoms with van der Waals surface area (Å²) in [5, 5.41) is 18.9. The molecule has 0 radical (unpaired) electrons. The van der Waals surface area contributed by atoms with Crippen LogP contribution in [0.4, 0.5) is 5.88 Å². The number of phenolic OH excluding ortho intramolecular Hbond substituents is 1. The van der Waals surface area contributed by atoms with Crippen molar-refractivity contribution in [2.24, 2.45) is 4.99 Å². The van der Waals surface area contributed by atoms with Crippen LogP contribution in [0, 0.1) is 25.2 Å². The van der Waals surface area contributed by atoms with Crippen molar-refractivity contribution in [2.75, 3.05) is 7.11 Å². The Morgan fingerprint density at radius 1 is 1.43 bits per heavy atom. The van der Waals surface area contributed by atoms with Crippen molar-refractivity contribution in [2.45, 2.75) is 13.8 Å². The highest BCUT2D eigenvalue weighted by atomic mass is 79.9. The van der Waals surface area contributed by atoms with E-state index in [0.717, 1.165) is 5.56 Å². The molecule has 1 N–H and O–H groups in total. The van der Waals surface area contributed by atoms with E-state index in [9.17, 15) is 5.11 Å². The summed E-state index contributed by atoms with van der Waals surface area (Å²) in [6, 6.07) is 5.41. The summed E-state index contributed by atoms with van der Waals surface area (Å²) >= 11 is 3.24. The number of phenols is 1. The van der Waals surface area contributed by atoms with Gasteiger partial charge in [0.05, 0.1) is 11.6 Å². The second-order valence-corrected chi connectivity index (χ2v) is 5.24. The Kier molecular flexibility index (Phi) is 4.34. The molecule has 0 amide bonds. The molecule has 0 unspecified atom stereocenters. The number of aryl methyl sites for hydroxylation is 1. The lowest BCUT2D eigenvalue weighted by molar-refractivity contribution is 0.372. The lowest BCUT2D eigenvalue weighted by atomic mass is 10.2. The first-order valence-corrected chi connectivity index (χ1v) is 6.87. The molecule has 6 heteroatoms. The number of aromatic hydroxyl groups is 1. The monoisotopic (exact) mass is 348 g/mol. The molecule has 0 saturated carbocycles. The first kappa shape index (κ1) is 15.1. The van der Waals surface area contributed by atoms with E-state index in [4.69, 9.17) is 14.4 Å². The topological polar surface area (TPSA) is 78.8 Å². The molecule has 0 spiro atoms. The molecule has 2 aromatic rings. The van der Waals surface area contributed by atoms with Crippen molar-refractivity contribution in [1.29, 1.82) is 5.26 Å². The Morgan fingerprint density at radius 2 is 2.14 bits per heavy atom. The Balaban J connectivity index is 2.41. The zero-order valence-electron chi connectivity index (χ0n) is 11.8. The summed E-state index contributed by atoms with van der Waals surface area (Å²) in [5.74, 6) is 1.30. The Bertz CT molecular complexity index is 757. The smallest absolute Gasteiger partial charge is 0.237 e. The van der Waals surface area contributed by atoms with Crippen LogP contribution < -0.4 is 4.74 Å². The Hall–Kier alpha value is -2.26. The van der Waals surface area contributed by atoms with Gasteiger partial charge >= 0.3 is 0 Å². The number of ether oxygens (including phenoxy) is 1. The molecule has 108 valence electrons. The molecule has 1 aromatic carbocycles. The van der Waals surface area contributed by atoms with Gasteiger partial charge in [0, 0.05) is 11.8 Å². The summed E-state index contributed by atoms with van der Waals surface area (Å²) in [6.07, 6.45) is 1.55. The van der Waals surface area contributed by atoms with Crippen LogP contribution in [-0.2, 0) is 0 Å². The highest BCUT2D eigenvalue weighted by molar-refractivity contribution is 9.10. The van der Waals surface area contributed by atoms with Crippen LogP contribution in [0.3, 0.4) is 0 Å². The number of nitriles is 1. The molecular weight excluding hydrogens is 336 g/mol. The van der Waals surface area contributed by atoms with Crippen molar-refractivity contribution in [3.8, 4) is 17.6 Å². The number of aliphatic imine (C=N–C) groups is 1. The molecule has 0 bridgehead atoms. The van der Waals surface area contributed by atoms with Gasteiger partial charge in [0.2, 0.25) is 5.88 Å². The summed E-state index contributed by atoms with van der Waals surface area (Å²) in [6.45, 7) is 3.60. The third kappa shape index (κ3) is 2.93. The number of rotatable bonds is 3. The molecule has 0 aliphatic carbocycles. The zero-order valence-corrected chi connectivity index (χ0v) is 13.4. The van der Waals surface area contributed by atoms with Crippen LogP contribution in [0.5, 0.6) is 11.5 Å². The van der Waals surface area contributed by atoms with Gasteiger partial charge < -0.3 is 14.3 Å². The lowest BCUT2D eigenvalue weighted by Gasteiger charge is -2.05. The summed E-state index contributed by atoms with van der Waals surface area (Å²) in [4.78, 5) is 4.20. The summed E-state index contributed by atoms with van der Waals surface area (Å²) < 4.78 is 11.0. The third-order valence-corrected chi connectivity index (χ3v) is 3.68. The second-order valence-electron chi connectivity index (χ2n) is 4.39. The van der Waals surface area contributed by atoms with Gasteiger partial charge in [-0.2, -0.15) is 5.26 Å². The van der Waals surface area contributed by atoms with Gasteiger partial charge in [-0.25, -0.2) is 4.99 Å². The van der Waals surface area contributed by atoms with Gasteiger partial charge in [-0.15, -0.1) is 0 Å². The molecule has 5 nitrogen and oxygen atoms in total. The fourth-order valence-corrected chi connectivity index (χ4v) is 2.25. The number of hydrogen-bond acceptors (Lipinski definition) is 5. The van der Waals surface area contributed by atoms with E-state index in [0.29, 0.717) is 27.1 Å². The molecule has 1 heterocycles. The average molecular weight is 349 g/mol. The number of methoxy groups -OCH3 is 1. The molecule has 0 aliphatic rings. The normalized spacial score (nSPS) is 10.8. The fourth-order valence-electron chi connectivity index (χ4n) is 1.79. The van der Waals surface area contributed by atoms with Gasteiger partial charge in [0.25, 0.3) is 0 Å². The number of halogens is 1. The predicted molar refractivity (Wildman–Crippen MR) is 82.5 cm³/mol. The van der Waals surface area contributed by atoms with E-state index in [1.165, 1.54) is 7.11 Å². The first-order chi connectivity index (χ1) is 9.97. The molecule has 1 aromatic heterocycles. The maximum absolute atomic E-state index is 9.75. The quantitative estimate of drug-likeness (QED) is 0.850. The number of hydrogen-bond donors (Lipinski definition) is 1. The lowest BCUT2D eigenvalue weighted by Crippen LogP contribution is -1.88. The summed E-state index contributed by atoms with van der Waals surface area (Å²) in [5.41, 5.74) is 1.91. The Morgan fingerprint density at radius 3 is 2.76 bits per heavy atom. The molecule has 0 atom stereocenters. The van der Waals surface area contributed by atoms with Gasteiger partial charge in [-0.1, -0.05) is 0 Å². The molecular formula is C15H13BrN2O3. The highest BCUT2D eigenvalue weighted by Crippen LogP contribution is 2.35. The molecule has 21 heavy (non-hydrogen) atoms. The minimum Gasteiger partial charge on any atom is -0.503 e. The molecule has 0 saturated heterocycles. The van der Waals surface area contributed by atoms with E-state index < -0.39 is 0 Å². The first-order valence-electron chi connectivity index (χ1n) is 6.08. The number of benzene rings is 1. The van der Waals surface area contributed by atoms with Crippen LogP contribution in [0.1, 0.15) is 22.5 Å². The maximum atomic E-state index is 9.75. The van der Waals surface area contributed by atoms with E-state index in [2.05, 4.69) is 27.0 Å². The highest BCUT2D eigenvalue weighted by Gasteiger charge is 2.13. The third-order valence-electron chi connectivity index (χ3n) is 3.08. The van der Waals surface area contributed by atoms with E-state index in [1.807, 2.05) is 6.92 Å². The van der Waals surface area contributed by atoms with E-state index in [-0.39, 0.29) is 11.6 Å². The van der Waals surface area contributed by atoms with Crippen LogP contribution in [0.15, 0.2) is 26.0 Å². The predicted octanol–water partition coefficient (Wildman–Crippen LogP) is 4.00. The van der Waals surface area contributed by atoms with Crippen LogP contribution in [0.2, 0.25) is 0 Å². The zero-order chi connectivity index (χ0) is 15.6. The molecule has 2 rings (SSSR count). The minimum absolute atomic E-state index is 0.0250. The molecule has 0 fully saturated rings. The Labute approximate surface area is 130 Å². The number of nitrogens with zero attached hydrogens (tertiary/aromatic N) is 2. The van der Waals surface area contributed by atoms with Crippen molar-refractivity contribution in [3.05, 3.63) is 39.1 Å². The van der Waals surface area contributed by atoms with Crippen LogP contribution in [0.25, 0.3) is 0 Å².